The molecule has 0 aliphatic heterocycles. The van der Waals surface area contributed by atoms with Gasteiger partial charge >= 0.3 is 0 Å². The van der Waals surface area contributed by atoms with Crippen molar-refractivity contribution in [2.24, 2.45) is 7.05 Å². The molecule has 1 aromatic heterocycles. The second-order valence-corrected chi connectivity index (χ2v) is 7.12. The molecule has 6 heteroatoms. The van der Waals surface area contributed by atoms with Crippen LogP contribution in [-0.2, 0) is 7.05 Å². The molecule has 0 bridgehead atoms. The Morgan fingerprint density at radius 2 is 1.80 bits per heavy atom. The van der Waals surface area contributed by atoms with Crippen molar-refractivity contribution in [3.8, 4) is 34.0 Å². The maximum Gasteiger partial charge on any atom is 0.134 e. The van der Waals surface area contributed by atoms with Gasteiger partial charge < -0.3 is 14.0 Å². The lowest BCUT2D eigenvalue weighted by Gasteiger charge is -2.13. The molecule has 0 fully saturated rings. The molecule has 0 spiro atoms. The molecule has 3 rings (SSSR count). The van der Waals surface area contributed by atoms with E-state index < -0.39 is 0 Å². The third kappa shape index (κ3) is 3.28. The Kier molecular flexibility index (Phi) is 5.39. The van der Waals surface area contributed by atoms with Gasteiger partial charge in [0, 0.05) is 22.6 Å². The number of aromatic nitrogens is 2. The van der Waals surface area contributed by atoms with Crippen LogP contribution in [0.2, 0.25) is 0 Å². The molecule has 2 aromatic carbocycles. The van der Waals surface area contributed by atoms with Gasteiger partial charge in [0.25, 0.3) is 0 Å². The lowest BCUT2D eigenvalue weighted by Crippen LogP contribution is -1.96. The van der Waals surface area contributed by atoms with Crippen molar-refractivity contribution in [3.05, 3.63) is 47.2 Å². The fourth-order valence-electron chi connectivity index (χ4n) is 2.85. The van der Waals surface area contributed by atoms with Gasteiger partial charge in [-0.05, 0) is 46.5 Å². The highest BCUT2D eigenvalue weighted by Gasteiger charge is 2.19. The highest BCUT2D eigenvalue weighted by Crippen LogP contribution is 2.42. The van der Waals surface area contributed by atoms with Gasteiger partial charge in [0.15, 0.2) is 0 Å². The van der Waals surface area contributed by atoms with E-state index >= 15 is 0 Å². The number of rotatable bonds is 5. The fraction of sp³-hybridized carbons (Fsp3) is 0.211. The van der Waals surface area contributed by atoms with E-state index in [1.165, 1.54) is 0 Å². The number of para-hydroxylation sites is 1. The molecule has 0 saturated heterocycles. The van der Waals surface area contributed by atoms with Crippen molar-refractivity contribution in [1.82, 2.24) is 9.55 Å². The zero-order valence-corrected chi connectivity index (χ0v) is 16.9. The van der Waals surface area contributed by atoms with Crippen LogP contribution in [-0.4, -0.2) is 30.0 Å². The van der Waals surface area contributed by atoms with Gasteiger partial charge in [0.2, 0.25) is 0 Å². The van der Waals surface area contributed by atoms with Gasteiger partial charge in [-0.25, -0.2) is 4.98 Å². The van der Waals surface area contributed by atoms with E-state index in [-0.39, 0.29) is 0 Å². The molecule has 3 aromatic rings. The van der Waals surface area contributed by atoms with Crippen molar-refractivity contribution < 1.29 is 9.47 Å². The van der Waals surface area contributed by atoms with Crippen LogP contribution in [0.4, 0.5) is 0 Å². The molecule has 0 aliphatic carbocycles. The molecule has 0 atom stereocenters. The van der Waals surface area contributed by atoms with Crippen LogP contribution >= 0.6 is 27.7 Å². The Balaban J connectivity index is 2.23. The Labute approximate surface area is 160 Å². The zero-order chi connectivity index (χ0) is 18.0. The number of hydrogen-bond acceptors (Lipinski definition) is 4. The van der Waals surface area contributed by atoms with Gasteiger partial charge in [0.05, 0.1) is 36.8 Å². The number of aryl methyl sites for hydroxylation is 1. The number of imidazole rings is 1. The van der Waals surface area contributed by atoms with E-state index in [4.69, 9.17) is 9.47 Å². The average Bonchev–Trinajstić information content (AvgIpc) is 3.02. The van der Waals surface area contributed by atoms with Crippen molar-refractivity contribution in [3.63, 3.8) is 0 Å². The van der Waals surface area contributed by atoms with Crippen LogP contribution in [0.1, 0.15) is 0 Å². The second kappa shape index (κ2) is 7.54. The number of thioether (sulfide) groups is 1. The second-order valence-electron chi connectivity index (χ2n) is 5.45. The SMILES string of the molecule is COc1ccccc1-c1c(-c2cc(Br)c(SC)c(OC)c2)ncn1C. The Bertz CT molecular complexity index is 908. The Morgan fingerprint density at radius 1 is 1.08 bits per heavy atom. The average molecular weight is 419 g/mol. The van der Waals surface area contributed by atoms with Gasteiger partial charge in [-0.1, -0.05) is 12.1 Å². The number of nitrogens with zero attached hydrogens (tertiary/aromatic N) is 2. The largest absolute Gasteiger partial charge is 0.496 e. The summed E-state index contributed by atoms with van der Waals surface area (Å²) in [6.45, 7) is 0. The smallest absolute Gasteiger partial charge is 0.134 e. The highest BCUT2D eigenvalue weighted by molar-refractivity contribution is 9.10. The molecular weight excluding hydrogens is 400 g/mol. The number of benzene rings is 2. The topological polar surface area (TPSA) is 36.3 Å². The summed E-state index contributed by atoms with van der Waals surface area (Å²) in [7, 11) is 5.35. The number of hydrogen-bond donors (Lipinski definition) is 0. The van der Waals surface area contributed by atoms with Gasteiger partial charge in [-0.3, -0.25) is 0 Å². The molecule has 0 aliphatic rings. The normalized spacial score (nSPS) is 10.8. The Morgan fingerprint density at radius 3 is 2.48 bits per heavy atom. The molecule has 0 unspecified atom stereocenters. The monoisotopic (exact) mass is 418 g/mol. The predicted molar refractivity (Wildman–Crippen MR) is 107 cm³/mol. The summed E-state index contributed by atoms with van der Waals surface area (Å²) in [6, 6.07) is 12.1. The Hall–Kier alpha value is -1.92. The minimum Gasteiger partial charge on any atom is -0.496 e. The molecule has 130 valence electrons. The molecule has 4 nitrogen and oxygen atoms in total. The van der Waals surface area contributed by atoms with Crippen LogP contribution in [0.25, 0.3) is 22.5 Å². The van der Waals surface area contributed by atoms with Crippen LogP contribution in [0.5, 0.6) is 11.5 Å². The molecule has 0 saturated carbocycles. The minimum atomic E-state index is 0.819. The lowest BCUT2D eigenvalue weighted by molar-refractivity contribution is 0.404. The molecule has 25 heavy (non-hydrogen) atoms. The molecule has 0 N–H and O–H groups in total. The van der Waals surface area contributed by atoms with Crippen molar-refractivity contribution in [2.75, 3.05) is 20.5 Å². The molecular formula is C19H19BrN2O2S. The van der Waals surface area contributed by atoms with Crippen LogP contribution in [0.15, 0.2) is 52.1 Å². The summed E-state index contributed by atoms with van der Waals surface area (Å²) in [5, 5.41) is 0. The highest BCUT2D eigenvalue weighted by atomic mass is 79.9. The van der Waals surface area contributed by atoms with E-state index in [9.17, 15) is 0 Å². The number of halogens is 1. The summed E-state index contributed by atoms with van der Waals surface area (Å²) < 4.78 is 14.1. The van der Waals surface area contributed by atoms with Crippen molar-refractivity contribution >= 4 is 27.7 Å². The fourth-order valence-corrected chi connectivity index (χ4v) is 4.38. The van der Waals surface area contributed by atoms with Gasteiger partial charge in [-0.2, -0.15) is 0 Å². The van der Waals surface area contributed by atoms with Crippen molar-refractivity contribution in [2.45, 2.75) is 4.90 Å². The van der Waals surface area contributed by atoms with E-state index in [2.05, 4.69) is 27.0 Å². The van der Waals surface area contributed by atoms with Crippen molar-refractivity contribution in [1.29, 1.82) is 0 Å². The summed E-state index contributed by atoms with van der Waals surface area (Å²) in [5.41, 5.74) is 3.88. The van der Waals surface area contributed by atoms with Gasteiger partial charge in [0.1, 0.15) is 11.5 Å². The first-order valence-electron chi connectivity index (χ1n) is 7.67. The first kappa shape index (κ1) is 17.9. The van der Waals surface area contributed by atoms with Crippen LogP contribution < -0.4 is 9.47 Å². The summed E-state index contributed by atoms with van der Waals surface area (Å²) in [5.74, 6) is 1.65. The van der Waals surface area contributed by atoms with Gasteiger partial charge in [-0.15, -0.1) is 11.8 Å². The number of ether oxygens (including phenoxy) is 2. The minimum absolute atomic E-state index is 0.819. The lowest BCUT2D eigenvalue weighted by atomic mass is 10.0. The van der Waals surface area contributed by atoms with E-state index in [1.54, 1.807) is 26.0 Å². The number of methoxy groups -OCH3 is 2. The maximum atomic E-state index is 5.57. The third-order valence-corrected chi connectivity index (χ3v) is 5.72. The van der Waals surface area contributed by atoms with E-state index in [0.29, 0.717) is 0 Å². The standard InChI is InChI=1S/C19H19BrN2O2S/c1-22-11-21-17(18(22)13-7-5-6-8-15(13)23-2)12-9-14(20)19(25-4)16(10-12)24-3/h5-11H,1-4H3. The predicted octanol–water partition coefficient (Wildman–Crippen LogP) is 5.26. The van der Waals surface area contributed by atoms with E-state index in [0.717, 1.165) is 43.4 Å². The summed E-state index contributed by atoms with van der Waals surface area (Å²) in [6.07, 6.45) is 3.85. The third-order valence-electron chi connectivity index (χ3n) is 4.01. The summed E-state index contributed by atoms with van der Waals surface area (Å²) in [4.78, 5) is 5.70. The first-order chi connectivity index (χ1) is 12.1. The van der Waals surface area contributed by atoms with Crippen LogP contribution in [0, 0.1) is 0 Å². The molecule has 1 heterocycles. The summed E-state index contributed by atoms with van der Waals surface area (Å²) >= 11 is 5.30. The van der Waals surface area contributed by atoms with Crippen LogP contribution in [0.3, 0.4) is 0 Å². The molecule has 0 amide bonds. The quantitative estimate of drug-likeness (QED) is 0.529. The first-order valence-corrected chi connectivity index (χ1v) is 9.69. The zero-order valence-electron chi connectivity index (χ0n) is 14.5. The maximum absolute atomic E-state index is 5.57. The molecule has 0 radical (unpaired) electrons. The van der Waals surface area contributed by atoms with E-state index in [1.807, 2.05) is 54.5 Å².